The summed E-state index contributed by atoms with van der Waals surface area (Å²) in [5.41, 5.74) is 7.43. The number of hydrogen-bond donors (Lipinski definition) is 2. The molecular weight excluding hydrogens is 248 g/mol. The Morgan fingerprint density at radius 2 is 2.17 bits per heavy atom. The zero-order valence-corrected chi connectivity index (χ0v) is 11.4. The molecule has 96 valence electrons. The van der Waals surface area contributed by atoms with E-state index >= 15 is 0 Å². The molecule has 1 aromatic heterocycles. The van der Waals surface area contributed by atoms with Crippen molar-refractivity contribution >= 4 is 17.4 Å². The van der Waals surface area contributed by atoms with Crippen molar-refractivity contribution < 1.29 is 0 Å². The van der Waals surface area contributed by atoms with E-state index in [-0.39, 0.29) is 11.7 Å². The van der Waals surface area contributed by atoms with Crippen LogP contribution < -0.4 is 11.4 Å². The summed E-state index contributed by atoms with van der Waals surface area (Å²) < 4.78 is 1.63. The van der Waals surface area contributed by atoms with E-state index in [1.165, 1.54) is 11.8 Å². The van der Waals surface area contributed by atoms with Gasteiger partial charge >= 0.3 is 5.69 Å². The summed E-state index contributed by atoms with van der Waals surface area (Å²) in [4.78, 5) is 12.6. The Hall–Kier alpha value is -1.69. The average Bonchev–Trinajstić information content (AvgIpc) is 2.66. The Bertz CT molecular complexity index is 615. The lowest BCUT2D eigenvalue weighted by Gasteiger charge is -2.10. The number of nitrogens with one attached hydrogen (secondary N) is 1. The van der Waals surface area contributed by atoms with E-state index in [2.05, 4.69) is 10.2 Å². The van der Waals surface area contributed by atoms with Gasteiger partial charge in [-0.3, -0.25) is 4.57 Å². The van der Waals surface area contributed by atoms with Crippen LogP contribution in [0.2, 0.25) is 0 Å². The first-order chi connectivity index (χ1) is 8.50. The Kier molecular flexibility index (Phi) is 3.47. The van der Waals surface area contributed by atoms with Gasteiger partial charge in [0.1, 0.15) is 0 Å². The number of aromatic nitrogens is 3. The Morgan fingerprint density at radius 1 is 1.44 bits per heavy atom. The molecular formula is C12H16N4OS. The molecule has 5 nitrogen and oxygen atoms in total. The highest BCUT2D eigenvalue weighted by Gasteiger charge is 2.14. The predicted molar refractivity (Wildman–Crippen MR) is 72.9 cm³/mol. The lowest BCUT2D eigenvalue weighted by atomic mass is 10.2. The van der Waals surface area contributed by atoms with E-state index in [0.717, 1.165) is 16.1 Å². The molecule has 0 spiro atoms. The summed E-state index contributed by atoms with van der Waals surface area (Å²) >= 11 is 1.44. The SMILES string of the molecule is Cc1c(N)cccc1Sc1n[nH]c(=O)n1C(C)C. The van der Waals surface area contributed by atoms with Gasteiger partial charge in [-0.05, 0) is 50.2 Å². The first-order valence-corrected chi connectivity index (χ1v) is 6.52. The Labute approximate surface area is 109 Å². The van der Waals surface area contributed by atoms with Crippen molar-refractivity contribution in [1.82, 2.24) is 14.8 Å². The number of nitrogen functional groups attached to an aromatic ring is 1. The number of rotatable bonds is 3. The summed E-state index contributed by atoms with van der Waals surface area (Å²) in [5, 5.41) is 7.19. The highest BCUT2D eigenvalue weighted by atomic mass is 32.2. The first kappa shape index (κ1) is 12.8. The second-order valence-electron chi connectivity index (χ2n) is 4.35. The Balaban J connectivity index is 2.41. The largest absolute Gasteiger partial charge is 0.398 e. The molecule has 0 unspecified atom stereocenters. The minimum absolute atomic E-state index is 0.0696. The number of hydrogen-bond acceptors (Lipinski definition) is 4. The molecule has 0 aliphatic carbocycles. The van der Waals surface area contributed by atoms with E-state index in [1.54, 1.807) is 4.57 Å². The molecule has 0 atom stereocenters. The summed E-state index contributed by atoms with van der Waals surface area (Å²) in [7, 11) is 0. The molecule has 3 N–H and O–H groups in total. The maximum atomic E-state index is 11.6. The molecule has 0 saturated carbocycles. The number of benzene rings is 1. The minimum atomic E-state index is -0.186. The fraction of sp³-hybridized carbons (Fsp3) is 0.333. The molecule has 1 aromatic carbocycles. The van der Waals surface area contributed by atoms with Crippen LogP contribution in [0, 0.1) is 6.92 Å². The summed E-state index contributed by atoms with van der Waals surface area (Å²) in [6.07, 6.45) is 0. The predicted octanol–water partition coefficient (Wildman–Crippen LogP) is 2.19. The van der Waals surface area contributed by atoms with Gasteiger partial charge < -0.3 is 5.73 Å². The molecule has 2 rings (SSSR count). The van der Waals surface area contributed by atoms with Gasteiger partial charge in [0.15, 0.2) is 5.16 Å². The third-order valence-corrected chi connectivity index (χ3v) is 3.85. The Morgan fingerprint density at radius 3 is 2.83 bits per heavy atom. The van der Waals surface area contributed by atoms with Gasteiger partial charge in [0.25, 0.3) is 0 Å². The summed E-state index contributed by atoms with van der Waals surface area (Å²) in [5.74, 6) is 0. The van der Waals surface area contributed by atoms with Gasteiger partial charge in [-0.1, -0.05) is 6.07 Å². The van der Waals surface area contributed by atoms with Crippen molar-refractivity contribution in [1.29, 1.82) is 0 Å². The van der Waals surface area contributed by atoms with E-state index in [0.29, 0.717) is 5.16 Å². The van der Waals surface area contributed by atoms with E-state index < -0.39 is 0 Å². The van der Waals surface area contributed by atoms with Crippen LogP contribution >= 0.6 is 11.8 Å². The van der Waals surface area contributed by atoms with Crippen LogP contribution in [0.3, 0.4) is 0 Å². The standard InChI is InChI=1S/C12H16N4OS/c1-7(2)16-11(17)14-15-12(16)18-10-6-4-5-9(13)8(10)3/h4-7H,13H2,1-3H3,(H,14,17). The molecule has 0 radical (unpaired) electrons. The van der Waals surface area contributed by atoms with Gasteiger partial charge in [0.05, 0.1) is 0 Å². The van der Waals surface area contributed by atoms with Crippen molar-refractivity contribution in [2.24, 2.45) is 0 Å². The van der Waals surface area contributed by atoms with Crippen molar-refractivity contribution in [3.05, 3.63) is 34.2 Å². The van der Waals surface area contributed by atoms with Crippen LogP contribution in [0.4, 0.5) is 5.69 Å². The number of H-pyrrole nitrogens is 1. The van der Waals surface area contributed by atoms with Gasteiger partial charge in [-0.15, -0.1) is 5.10 Å². The van der Waals surface area contributed by atoms with Gasteiger partial charge in [0, 0.05) is 16.6 Å². The quantitative estimate of drug-likeness (QED) is 0.833. The maximum Gasteiger partial charge on any atom is 0.344 e. The second kappa shape index (κ2) is 4.89. The van der Waals surface area contributed by atoms with Crippen LogP contribution in [-0.2, 0) is 0 Å². The van der Waals surface area contributed by atoms with Crippen molar-refractivity contribution in [3.8, 4) is 0 Å². The average molecular weight is 264 g/mol. The maximum absolute atomic E-state index is 11.6. The molecule has 0 saturated heterocycles. The van der Waals surface area contributed by atoms with Crippen LogP contribution in [0.1, 0.15) is 25.5 Å². The van der Waals surface area contributed by atoms with Gasteiger partial charge in [-0.2, -0.15) is 0 Å². The third kappa shape index (κ3) is 2.28. The molecule has 0 aliphatic rings. The van der Waals surface area contributed by atoms with Gasteiger partial charge in [-0.25, -0.2) is 9.89 Å². The van der Waals surface area contributed by atoms with Crippen molar-refractivity contribution in [2.45, 2.75) is 36.9 Å². The summed E-state index contributed by atoms with van der Waals surface area (Å²) in [6, 6.07) is 5.80. The highest BCUT2D eigenvalue weighted by molar-refractivity contribution is 7.99. The van der Waals surface area contributed by atoms with E-state index in [9.17, 15) is 4.79 Å². The fourth-order valence-electron chi connectivity index (χ4n) is 1.66. The molecule has 2 aromatic rings. The number of nitrogens with zero attached hydrogens (tertiary/aromatic N) is 2. The number of nitrogens with two attached hydrogens (primary N) is 1. The fourth-order valence-corrected chi connectivity index (χ4v) is 2.76. The smallest absolute Gasteiger partial charge is 0.344 e. The molecule has 0 fully saturated rings. The zero-order valence-electron chi connectivity index (χ0n) is 10.6. The first-order valence-electron chi connectivity index (χ1n) is 5.70. The molecule has 18 heavy (non-hydrogen) atoms. The van der Waals surface area contributed by atoms with E-state index in [1.807, 2.05) is 39.0 Å². The molecule has 0 aliphatic heterocycles. The third-order valence-electron chi connectivity index (χ3n) is 2.72. The second-order valence-corrected chi connectivity index (χ2v) is 5.36. The van der Waals surface area contributed by atoms with Crippen molar-refractivity contribution in [3.63, 3.8) is 0 Å². The van der Waals surface area contributed by atoms with Crippen LogP contribution in [0.5, 0.6) is 0 Å². The zero-order chi connectivity index (χ0) is 13.3. The van der Waals surface area contributed by atoms with Crippen molar-refractivity contribution in [2.75, 3.05) is 5.73 Å². The van der Waals surface area contributed by atoms with E-state index in [4.69, 9.17) is 5.73 Å². The molecule has 1 heterocycles. The highest BCUT2D eigenvalue weighted by Crippen LogP contribution is 2.31. The lowest BCUT2D eigenvalue weighted by molar-refractivity contribution is 0.534. The monoisotopic (exact) mass is 264 g/mol. The number of aromatic amines is 1. The lowest BCUT2D eigenvalue weighted by Crippen LogP contribution is -2.19. The number of anilines is 1. The molecule has 6 heteroatoms. The topological polar surface area (TPSA) is 76.7 Å². The molecule has 0 amide bonds. The molecule has 0 bridgehead atoms. The normalized spacial score (nSPS) is 11.1. The van der Waals surface area contributed by atoms with Crippen LogP contribution in [0.25, 0.3) is 0 Å². The summed E-state index contributed by atoms with van der Waals surface area (Å²) in [6.45, 7) is 5.86. The van der Waals surface area contributed by atoms with Crippen LogP contribution in [-0.4, -0.2) is 14.8 Å². The van der Waals surface area contributed by atoms with Gasteiger partial charge in [0.2, 0.25) is 0 Å². The minimum Gasteiger partial charge on any atom is -0.398 e. The van der Waals surface area contributed by atoms with Crippen LogP contribution in [0.15, 0.2) is 33.0 Å².